The summed E-state index contributed by atoms with van der Waals surface area (Å²) in [5.41, 5.74) is 5.13. The molecule has 3 aromatic rings. The van der Waals surface area contributed by atoms with E-state index in [1.807, 2.05) is 4.57 Å². The average molecular weight is 421 g/mol. The second-order valence-corrected chi connectivity index (χ2v) is 7.81. The number of ether oxygens (including phenoxy) is 1. The van der Waals surface area contributed by atoms with Gasteiger partial charge in [-0.05, 0) is 66.1 Å². The fourth-order valence-electron chi connectivity index (χ4n) is 4.20. The minimum atomic E-state index is -1.22. The maximum atomic E-state index is 13.5. The molecule has 0 bridgehead atoms. The number of hydrogen-bond donors (Lipinski definition) is 1. The number of aromatic nitrogens is 1. The third-order valence-corrected chi connectivity index (χ3v) is 5.78. The highest BCUT2D eigenvalue weighted by atomic mass is 19.1. The smallest absolute Gasteiger partial charge is 0.341 e. The third kappa shape index (κ3) is 4.30. The number of aromatic carboxylic acids is 1. The molecule has 2 aromatic carbocycles. The second kappa shape index (κ2) is 8.86. The molecule has 0 unspecified atom stereocenters. The van der Waals surface area contributed by atoms with E-state index in [2.05, 4.69) is 12.1 Å². The number of aryl methyl sites for hydroxylation is 3. The van der Waals surface area contributed by atoms with Crippen molar-refractivity contribution in [2.75, 3.05) is 13.7 Å². The van der Waals surface area contributed by atoms with Gasteiger partial charge >= 0.3 is 5.97 Å². The van der Waals surface area contributed by atoms with Crippen LogP contribution in [-0.4, -0.2) is 29.4 Å². The number of methoxy groups -OCH3 is 1. The van der Waals surface area contributed by atoms with Gasteiger partial charge in [-0.25, -0.2) is 9.18 Å². The molecule has 1 aromatic heterocycles. The Bertz CT molecular complexity index is 1180. The normalized spacial score (nSPS) is 12.3. The number of halogens is 1. The number of rotatable bonds is 7. The molecular formula is C25H24FNO4. The molecule has 0 aliphatic carbocycles. The highest BCUT2D eigenvalue weighted by molar-refractivity contribution is 5.88. The summed E-state index contributed by atoms with van der Waals surface area (Å²) in [7, 11) is 1.69. The molecule has 160 valence electrons. The summed E-state index contributed by atoms with van der Waals surface area (Å²) in [6.45, 7) is 1.32. The van der Waals surface area contributed by atoms with E-state index >= 15 is 0 Å². The molecule has 0 spiro atoms. The number of carboxylic acids is 1. The maximum Gasteiger partial charge on any atom is 0.341 e. The summed E-state index contributed by atoms with van der Waals surface area (Å²) >= 11 is 0. The van der Waals surface area contributed by atoms with E-state index in [4.69, 9.17) is 4.74 Å². The lowest BCUT2D eigenvalue weighted by atomic mass is 9.87. The fraction of sp³-hybridized carbons (Fsp3) is 0.280. The SMILES string of the molecule is COCCCCc1cc2c(cc1-c1ccc(F)cc1)-c1cc(=O)c(C(=O)O)cn1CC2. The summed E-state index contributed by atoms with van der Waals surface area (Å²) in [4.78, 5) is 23.7. The van der Waals surface area contributed by atoms with Crippen molar-refractivity contribution in [3.05, 3.63) is 81.4 Å². The molecule has 1 aliphatic rings. The molecule has 0 radical (unpaired) electrons. The summed E-state index contributed by atoms with van der Waals surface area (Å²) in [6.07, 6.45) is 4.97. The van der Waals surface area contributed by atoms with Crippen molar-refractivity contribution >= 4 is 5.97 Å². The largest absolute Gasteiger partial charge is 0.477 e. The zero-order valence-electron chi connectivity index (χ0n) is 17.4. The minimum absolute atomic E-state index is 0.222. The summed E-state index contributed by atoms with van der Waals surface area (Å²) in [5, 5.41) is 9.28. The van der Waals surface area contributed by atoms with Gasteiger partial charge in [-0.15, -0.1) is 0 Å². The number of fused-ring (bicyclic) bond motifs is 3. The van der Waals surface area contributed by atoms with E-state index in [0.29, 0.717) is 18.8 Å². The molecule has 0 fully saturated rings. The van der Waals surface area contributed by atoms with Crippen molar-refractivity contribution in [3.8, 4) is 22.4 Å². The topological polar surface area (TPSA) is 68.5 Å². The van der Waals surface area contributed by atoms with Crippen LogP contribution >= 0.6 is 0 Å². The molecule has 6 heteroatoms. The first kappa shape index (κ1) is 21.0. The molecule has 31 heavy (non-hydrogen) atoms. The van der Waals surface area contributed by atoms with Crippen LogP contribution in [-0.2, 0) is 24.1 Å². The van der Waals surface area contributed by atoms with Gasteiger partial charge in [0.1, 0.15) is 11.4 Å². The van der Waals surface area contributed by atoms with E-state index in [9.17, 15) is 19.1 Å². The Labute approximate surface area is 179 Å². The zero-order chi connectivity index (χ0) is 22.0. The molecule has 1 aliphatic heterocycles. The standard InChI is InChI=1S/C25H24FNO4/c1-31-11-3-2-4-17-12-18-9-10-27-15-22(25(29)30)24(28)14-23(27)21(18)13-20(17)16-5-7-19(26)8-6-16/h5-8,12-15H,2-4,9-11H2,1H3,(H,29,30). The van der Waals surface area contributed by atoms with E-state index in [0.717, 1.165) is 47.9 Å². The van der Waals surface area contributed by atoms with Crippen LogP contribution < -0.4 is 5.43 Å². The van der Waals surface area contributed by atoms with Crippen molar-refractivity contribution in [3.63, 3.8) is 0 Å². The van der Waals surface area contributed by atoms with Crippen LogP contribution in [0.5, 0.6) is 0 Å². The summed E-state index contributed by atoms with van der Waals surface area (Å²) in [6, 6.07) is 12.1. The Balaban J connectivity index is 1.82. The lowest BCUT2D eigenvalue weighted by molar-refractivity contribution is 0.0694. The molecule has 5 nitrogen and oxygen atoms in total. The zero-order valence-corrected chi connectivity index (χ0v) is 17.4. The van der Waals surface area contributed by atoms with Gasteiger partial charge in [0.25, 0.3) is 0 Å². The van der Waals surface area contributed by atoms with Gasteiger partial charge in [0.15, 0.2) is 5.43 Å². The Morgan fingerprint density at radius 2 is 1.90 bits per heavy atom. The first-order valence-electron chi connectivity index (χ1n) is 10.4. The Morgan fingerprint density at radius 1 is 1.13 bits per heavy atom. The van der Waals surface area contributed by atoms with Crippen molar-refractivity contribution in [1.82, 2.24) is 4.57 Å². The van der Waals surface area contributed by atoms with Crippen LogP contribution in [0.3, 0.4) is 0 Å². The minimum Gasteiger partial charge on any atom is -0.477 e. The number of nitrogens with zero attached hydrogens (tertiary/aromatic N) is 1. The van der Waals surface area contributed by atoms with E-state index < -0.39 is 11.4 Å². The number of pyridine rings is 1. The van der Waals surface area contributed by atoms with Gasteiger partial charge in [-0.2, -0.15) is 0 Å². The monoisotopic (exact) mass is 421 g/mol. The van der Waals surface area contributed by atoms with Gasteiger partial charge < -0.3 is 14.4 Å². The van der Waals surface area contributed by atoms with Gasteiger partial charge in [0.2, 0.25) is 0 Å². The highest BCUT2D eigenvalue weighted by Gasteiger charge is 2.21. The number of carbonyl (C=O) groups is 1. The van der Waals surface area contributed by atoms with Gasteiger partial charge in [0, 0.05) is 38.1 Å². The van der Waals surface area contributed by atoms with Crippen molar-refractivity contribution in [2.24, 2.45) is 0 Å². The quantitative estimate of drug-likeness (QED) is 0.569. The van der Waals surface area contributed by atoms with Crippen LogP contribution in [0.1, 0.15) is 34.3 Å². The molecule has 1 N–H and O–H groups in total. The lowest BCUT2D eigenvalue weighted by Gasteiger charge is -2.25. The molecule has 0 atom stereocenters. The Kier molecular flexibility index (Phi) is 6.00. The first-order chi connectivity index (χ1) is 15.0. The van der Waals surface area contributed by atoms with Crippen LogP contribution in [0, 0.1) is 5.82 Å². The number of hydrogen-bond acceptors (Lipinski definition) is 3. The fourth-order valence-corrected chi connectivity index (χ4v) is 4.20. The predicted molar refractivity (Wildman–Crippen MR) is 117 cm³/mol. The van der Waals surface area contributed by atoms with Gasteiger partial charge in [-0.1, -0.05) is 18.2 Å². The van der Waals surface area contributed by atoms with Crippen LogP contribution in [0.4, 0.5) is 4.39 Å². The number of carboxylic acid groups (broad SMARTS) is 1. The third-order valence-electron chi connectivity index (χ3n) is 5.78. The Hall–Kier alpha value is -3.25. The number of benzene rings is 2. The molecule has 2 heterocycles. The van der Waals surface area contributed by atoms with Crippen LogP contribution in [0.25, 0.3) is 22.4 Å². The molecule has 4 rings (SSSR count). The molecule has 0 amide bonds. The van der Waals surface area contributed by atoms with Crippen LogP contribution in [0.15, 0.2) is 53.5 Å². The van der Waals surface area contributed by atoms with E-state index in [1.165, 1.54) is 30.0 Å². The van der Waals surface area contributed by atoms with E-state index in [1.54, 1.807) is 19.2 Å². The second-order valence-electron chi connectivity index (χ2n) is 7.81. The maximum absolute atomic E-state index is 13.5. The van der Waals surface area contributed by atoms with E-state index in [-0.39, 0.29) is 11.4 Å². The van der Waals surface area contributed by atoms with Crippen LogP contribution in [0.2, 0.25) is 0 Å². The van der Waals surface area contributed by atoms with Crippen molar-refractivity contribution < 1.29 is 19.0 Å². The predicted octanol–water partition coefficient (Wildman–Crippen LogP) is 4.54. The molecular weight excluding hydrogens is 397 g/mol. The first-order valence-corrected chi connectivity index (χ1v) is 10.4. The average Bonchev–Trinajstić information content (AvgIpc) is 2.76. The lowest BCUT2D eigenvalue weighted by Crippen LogP contribution is -2.22. The molecule has 0 saturated carbocycles. The van der Waals surface area contributed by atoms with Crippen molar-refractivity contribution in [2.45, 2.75) is 32.2 Å². The number of unbranched alkanes of at least 4 members (excludes halogenated alkanes) is 1. The summed E-state index contributed by atoms with van der Waals surface area (Å²) < 4.78 is 20.5. The highest BCUT2D eigenvalue weighted by Crippen LogP contribution is 2.36. The molecule has 0 saturated heterocycles. The van der Waals surface area contributed by atoms with Gasteiger partial charge in [-0.3, -0.25) is 4.79 Å². The van der Waals surface area contributed by atoms with Gasteiger partial charge in [0.05, 0.1) is 5.69 Å². The summed E-state index contributed by atoms with van der Waals surface area (Å²) in [5.74, 6) is -1.51. The Morgan fingerprint density at radius 3 is 2.61 bits per heavy atom. The van der Waals surface area contributed by atoms with Crippen molar-refractivity contribution in [1.29, 1.82) is 0 Å².